The molecule has 6 nitrogen and oxygen atoms in total. The zero-order valence-corrected chi connectivity index (χ0v) is 11.2. The molecule has 2 heterocycles. The summed E-state index contributed by atoms with van der Waals surface area (Å²) in [7, 11) is 0. The van der Waals surface area contributed by atoms with Crippen molar-refractivity contribution in [3.8, 4) is 0 Å². The predicted octanol–water partition coefficient (Wildman–Crippen LogP) is 1.69. The normalized spacial score (nSPS) is 11.6. The summed E-state index contributed by atoms with van der Waals surface area (Å²) in [6.07, 6.45) is -1.63. The standard InChI is InChI=1S/C12H14F3N5O/c1-2-16-10(21)3-4-17-11-8-7-9(12(13,14)15)19-20(8)6-5-18-11/h5-7H,2-4H2,1H3,(H,16,21)(H,17,18). The molecule has 2 aromatic heterocycles. The summed E-state index contributed by atoms with van der Waals surface area (Å²) < 4.78 is 39.0. The number of anilines is 1. The smallest absolute Gasteiger partial charge is 0.368 e. The summed E-state index contributed by atoms with van der Waals surface area (Å²) in [5, 5.41) is 8.92. The number of carbonyl (C=O) groups is 1. The van der Waals surface area contributed by atoms with E-state index in [0.717, 1.165) is 10.6 Å². The lowest BCUT2D eigenvalue weighted by atomic mass is 10.3. The Bertz CT molecular complexity index is 637. The molecule has 0 aliphatic carbocycles. The van der Waals surface area contributed by atoms with Crippen LogP contribution < -0.4 is 10.6 Å². The number of halogens is 3. The van der Waals surface area contributed by atoms with Gasteiger partial charge in [-0.3, -0.25) is 4.79 Å². The quantitative estimate of drug-likeness (QED) is 0.881. The average Bonchev–Trinajstić information content (AvgIpc) is 2.84. The second kappa shape index (κ2) is 5.98. The first-order valence-corrected chi connectivity index (χ1v) is 6.34. The minimum atomic E-state index is -4.51. The van der Waals surface area contributed by atoms with Gasteiger partial charge in [0.25, 0.3) is 0 Å². The molecule has 2 aromatic rings. The molecule has 0 fully saturated rings. The summed E-state index contributed by atoms with van der Waals surface area (Å²) in [5.74, 6) is 0.117. The molecule has 0 spiro atoms. The number of rotatable bonds is 5. The molecular weight excluding hydrogens is 287 g/mol. The Kier molecular flexibility index (Phi) is 4.29. The van der Waals surface area contributed by atoms with Crippen molar-refractivity contribution in [1.29, 1.82) is 0 Å². The van der Waals surface area contributed by atoms with E-state index in [4.69, 9.17) is 0 Å². The lowest BCUT2D eigenvalue weighted by Gasteiger charge is -2.06. The monoisotopic (exact) mass is 301 g/mol. The van der Waals surface area contributed by atoms with Crippen LogP contribution in [0.3, 0.4) is 0 Å². The summed E-state index contributed by atoms with van der Waals surface area (Å²) in [6, 6.07) is 0.918. The van der Waals surface area contributed by atoms with Crippen molar-refractivity contribution in [3.05, 3.63) is 24.2 Å². The van der Waals surface area contributed by atoms with E-state index in [2.05, 4.69) is 20.7 Å². The number of carbonyl (C=O) groups excluding carboxylic acids is 1. The fourth-order valence-electron chi connectivity index (χ4n) is 1.78. The minimum Gasteiger partial charge on any atom is -0.368 e. The highest BCUT2D eigenvalue weighted by Gasteiger charge is 2.34. The van der Waals surface area contributed by atoms with Crippen molar-refractivity contribution in [3.63, 3.8) is 0 Å². The van der Waals surface area contributed by atoms with Crippen LogP contribution in [0.5, 0.6) is 0 Å². The molecule has 0 unspecified atom stereocenters. The molecule has 2 rings (SSSR count). The summed E-state index contributed by atoms with van der Waals surface area (Å²) >= 11 is 0. The van der Waals surface area contributed by atoms with Gasteiger partial charge in [0.05, 0.1) is 0 Å². The Morgan fingerprint density at radius 2 is 2.19 bits per heavy atom. The van der Waals surface area contributed by atoms with Crippen molar-refractivity contribution >= 4 is 17.2 Å². The molecule has 9 heteroatoms. The Labute approximate surface area is 118 Å². The van der Waals surface area contributed by atoms with Gasteiger partial charge in [-0.1, -0.05) is 0 Å². The summed E-state index contributed by atoms with van der Waals surface area (Å²) in [6.45, 7) is 2.60. The molecule has 0 radical (unpaired) electrons. The maximum absolute atomic E-state index is 12.6. The van der Waals surface area contributed by atoms with Crippen molar-refractivity contribution < 1.29 is 18.0 Å². The lowest BCUT2D eigenvalue weighted by molar-refractivity contribution is -0.141. The van der Waals surface area contributed by atoms with E-state index in [1.807, 2.05) is 0 Å². The number of nitrogens with zero attached hydrogens (tertiary/aromatic N) is 3. The van der Waals surface area contributed by atoms with E-state index in [9.17, 15) is 18.0 Å². The lowest BCUT2D eigenvalue weighted by Crippen LogP contribution is -2.24. The molecule has 1 amide bonds. The number of nitrogens with one attached hydrogen (secondary N) is 2. The SMILES string of the molecule is CCNC(=O)CCNc1nccn2nc(C(F)(F)F)cc12. The van der Waals surface area contributed by atoms with Gasteiger partial charge in [0, 0.05) is 38.0 Å². The van der Waals surface area contributed by atoms with E-state index >= 15 is 0 Å². The van der Waals surface area contributed by atoms with Crippen LogP contribution in [0.25, 0.3) is 5.52 Å². The highest BCUT2D eigenvalue weighted by atomic mass is 19.4. The Morgan fingerprint density at radius 1 is 1.43 bits per heavy atom. The number of amides is 1. The van der Waals surface area contributed by atoms with E-state index in [1.54, 1.807) is 6.92 Å². The molecule has 0 saturated carbocycles. The highest BCUT2D eigenvalue weighted by Crippen LogP contribution is 2.29. The molecule has 0 bridgehead atoms. The van der Waals surface area contributed by atoms with Gasteiger partial charge in [-0.15, -0.1) is 0 Å². The molecular formula is C12H14F3N5O. The second-order valence-electron chi connectivity index (χ2n) is 4.26. The third-order valence-electron chi connectivity index (χ3n) is 2.70. The van der Waals surface area contributed by atoms with Gasteiger partial charge in [-0.25, -0.2) is 9.50 Å². The predicted molar refractivity (Wildman–Crippen MR) is 69.8 cm³/mol. The fraction of sp³-hybridized carbons (Fsp3) is 0.417. The number of aromatic nitrogens is 3. The Hall–Kier alpha value is -2.32. The molecule has 0 saturated heterocycles. The van der Waals surface area contributed by atoms with E-state index in [-0.39, 0.29) is 30.2 Å². The molecule has 21 heavy (non-hydrogen) atoms. The molecule has 0 aromatic carbocycles. The van der Waals surface area contributed by atoms with Gasteiger partial charge >= 0.3 is 6.18 Å². The van der Waals surface area contributed by atoms with Crippen LogP contribution in [0.15, 0.2) is 18.5 Å². The Balaban J connectivity index is 2.13. The van der Waals surface area contributed by atoms with Crippen LogP contribution >= 0.6 is 0 Å². The first-order valence-electron chi connectivity index (χ1n) is 6.34. The van der Waals surface area contributed by atoms with Crippen molar-refractivity contribution in [2.45, 2.75) is 19.5 Å². The maximum Gasteiger partial charge on any atom is 0.435 e. The topological polar surface area (TPSA) is 71.3 Å². The Morgan fingerprint density at radius 3 is 2.86 bits per heavy atom. The zero-order chi connectivity index (χ0) is 15.5. The third kappa shape index (κ3) is 3.61. The largest absolute Gasteiger partial charge is 0.435 e. The van der Waals surface area contributed by atoms with E-state index < -0.39 is 11.9 Å². The van der Waals surface area contributed by atoms with E-state index in [1.165, 1.54) is 12.4 Å². The highest BCUT2D eigenvalue weighted by molar-refractivity contribution is 5.76. The number of fused-ring (bicyclic) bond motifs is 1. The summed E-state index contributed by atoms with van der Waals surface area (Å²) in [4.78, 5) is 15.3. The number of hydrogen-bond acceptors (Lipinski definition) is 4. The van der Waals surface area contributed by atoms with Gasteiger partial charge in [0.15, 0.2) is 11.5 Å². The van der Waals surface area contributed by atoms with Crippen LogP contribution in [-0.4, -0.2) is 33.6 Å². The first-order chi connectivity index (χ1) is 9.91. The number of hydrogen-bond donors (Lipinski definition) is 2. The van der Waals surface area contributed by atoms with Gasteiger partial charge in [0.1, 0.15) is 5.52 Å². The first kappa shape index (κ1) is 15.1. The van der Waals surface area contributed by atoms with Crippen molar-refractivity contribution in [2.24, 2.45) is 0 Å². The van der Waals surface area contributed by atoms with Crippen LogP contribution in [0, 0.1) is 0 Å². The average molecular weight is 301 g/mol. The molecule has 0 aliphatic heterocycles. The van der Waals surface area contributed by atoms with Gasteiger partial charge in [-0.2, -0.15) is 18.3 Å². The van der Waals surface area contributed by atoms with Gasteiger partial charge in [0.2, 0.25) is 5.91 Å². The van der Waals surface area contributed by atoms with Gasteiger partial charge in [-0.05, 0) is 6.92 Å². The van der Waals surface area contributed by atoms with Crippen LogP contribution in [-0.2, 0) is 11.0 Å². The molecule has 0 atom stereocenters. The molecule has 114 valence electrons. The fourth-order valence-corrected chi connectivity index (χ4v) is 1.78. The van der Waals surface area contributed by atoms with Gasteiger partial charge < -0.3 is 10.6 Å². The maximum atomic E-state index is 12.6. The minimum absolute atomic E-state index is 0.138. The van der Waals surface area contributed by atoms with Crippen LogP contribution in [0.2, 0.25) is 0 Å². The number of alkyl halides is 3. The van der Waals surface area contributed by atoms with Crippen LogP contribution in [0.1, 0.15) is 19.0 Å². The molecule has 2 N–H and O–H groups in total. The zero-order valence-electron chi connectivity index (χ0n) is 11.2. The van der Waals surface area contributed by atoms with E-state index in [0.29, 0.717) is 6.54 Å². The third-order valence-corrected chi connectivity index (χ3v) is 2.70. The van der Waals surface area contributed by atoms with Crippen LogP contribution in [0.4, 0.5) is 19.0 Å². The van der Waals surface area contributed by atoms with Crippen molar-refractivity contribution in [1.82, 2.24) is 19.9 Å². The summed E-state index contributed by atoms with van der Waals surface area (Å²) in [5.41, 5.74) is -0.775. The van der Waals surface area contributed by atoms with Crippen molar-refractivity contribution in [2.75, 3.05) is 18.4 Å². The second-order valence-corrected chi connectivity index (χ2v) is 4.26. The molecule has 0 aliphatic rings.